The molecule has 2 atom stereocenters. The molecule has 1 aromatic rings. The number of nitrogens with zero attached hydrogens (tertiary/aromatic N) is 1. The van der Waals surface area contributed by atoms with Crippen LogP contribution >= 0.6 is 31.9 Å². The van der Waals surface area contributed by atoms with Crippen LogP contribution in [0.4, 0.5) is 0 Å². The molecule has 0 radical (unpaired) electrons. The van der Waals surface area contributed by atoms with Gasteiger partial charge in [-0.2, -0.15) is 0 Å². The summed E-state index contributed by atoms with van der Waals surface area (Å²) in [5.74, 6) is 0.257. The Kier molecular flexibility index (Phi) is 5.41. The Labute approximate surface area is 112 Å². The highest BCUT2D eigenvalue weighted by molar-refractivity contribution is 9.10. The van der Waals surface area contributed by atoms with Crippen LogP contribution in [0.3, 0.4) is 0 Å². The molecule has 0 fully saturated rings. The highest BCUT2D eigenvalue weighted by atomic mass is 79.9. The van der Waals surface area contributed by atoms with E-state index in [1.54, 1.807) is 18.3 Å². The standard InChI is InChI=1S/C11H14Br2N2O/c1-7(5-12)8(2)15-11(16)10-4-3-9(13)6-14-10/h3-4,6-8H,5H2,1-2H3,(H,15,16). The van der Waals surface area contributed by atoms with E-state index in [2.05, 4.69) is 49.1 Å². The average Bonchev–Trinajstić information content (AvgIpc) is 2.28. The van der Waals surface area contributed by atoms with Gasteiger partial charge in [0.1, 0.15) is 5.69 Å². The monoisotopic (exact) mass is 348 g/mol. The van der Waals surface area contributed by atoms with Crippen LogP contribution in [0.2, 0.25) is 0 Å². The summed E-state index contributed by atoms with van der Waals surface area (Å²) < 4.78 is 0.867. The molecule has 5 heteroatoms. The molecule has 0 saturated carbocycles. The van der Waals surface area contributed by atoms with Crippen molar-refractivity contribution in [2.45, 2.75) is 19.9 Å². The molecule has 0 bridgehead atoms. The van der Waals surface area contributed by atoms with E-state index in [1.807, 2.05) is 6.92 Å². The SMILES string of the molecule is CC(CBr)C(C)NC(=O)c1ccc(Br)cn1. The lowest BCUT2D eigenvalue weighted by Gasteiger charge is -2.18. The van der Waals surface area contributed by atoms with Crippen LogP contribution in [-0.4, -0.2) is 22.3 Å². The molecule has 1 N–H and O–H groups in total. The number of alkyl halides is 1. The van der Waals surface area contributed by atoms with Crippen molar-refractivity contribution in [1.82, 2.24) is 10.3 Å². The van der Waals surface area contributed by atoms with E-state index < -0.39 is 0 Å². The molecule has 16 heavy (non-hydrogen) atoms. The second kappa shape index (κ2) is 6.35. The molecular formula is C11H14Br2N2O. The van der Waals surface area contributed by atoms with Gasteiger partial charge in [-0.25, -0.2) is 4.98 Å². The summed E-state index contributed by atoms with van der Waals surface area (Å²) in [7, 11) is 0. The molecule has 88 valence electrons. The van der Waals surface area contributed by atoms with Crippen molar-refractivity contribution in [1.29, 1.82) is 0 Å². The molecule has 1 rings (SSSR count). The quantitative estimate of drug-likeness (QED) is 0.849. The van der Waals surface area contributed by atoms with Crippen LogP contribution in [0.25, 0.3) is 0 Å². The van der Waals surface area contributed by atoms with Gasteiger partial charge in [0, 0.05) is 22.0 Å². The largest absolute Gasteiger partial charge is 0.348 e. The number of halogens is 2. The Morgan fingerprint density at radius 3 is 2.69 bits per heavy atom. The van der Waals surface area contributed by atoms with Crippen LogP contribution in [0.1, 0.15) is 24.3 Å². The van der Waals surface area contributed by atoms with E-state index in [9.17, 15) is 4.79 Å². The van der Waals surface area contributed by atoms with Crippen molar-refractivity contribution in [2.24, 2.45) is 5.92 Å². The van der Waals surface area contributed by atoms with Crippen LogP contribution < -0.4 is 5.32 Å². The smallest absolute Gasteiger partial charge is 0.270 e. The van der Waals surface area contributed by atoms with Crippen molar-refractivity contribution in [3.05, 3.63) is 28.5 Å². The van der Waals surface area contributed by atoms with Crippen LogP contribution in [0.5, 0.6) is 0 Å². The lowest BCUT2D eigenvalue weighted by atomic mass is 10.1. The van der Waals surface area contributed by atoms with E-state index >= 15 is 0 Å². The van der Waals surface area contributed by atoms with E-state index in [0.29, 0.717) is 11.6 Å². The summed E-state index contributed by atoms with van der Waals surface area (Å²) >= 11 is 6.68. The third-order valence-electron chi connectivity index (χ3n) is 2.42. The fraction of sp³-hybridized carbons (Fsp3) is 0.455. The third-order valence-corrected chi connectivity index (χ3v) is 3.91. The minimum atomic E-state index is -0.132. The van der Waals surface area contributed by atoms with E-state index in [0.717, 1.165) is 9.80 Å². The highest BCUT2D eigenvalue weighted by Crippen LogP contribution is 2.09. The summed E-state index contributed by atoms with van der Waals surface area (Å²) in [4.78, 5) is 15.8. The molecule has 0 saturated heterocycles. The minimum Gasteiger partial charge on any atom is -0.348 e. The van der Waals surface area contributed by atoms with Crippen molar-refractivity contribution in [3.63, 3.8) is 0 Å². The number of hydrogen-bond acceptors (Lipinski definition) is 2. The summed E-state index contributed by atoms with van der Waals surface area (Å²) in [5, 5.41) is 3.78. The third kappa shape index (κ3) is 3.87. The van der Waals surface area contributed by atoms with Crippen LogP contribution in [-0.2, 0) is 0 Å². The zero-order valence-corrected chi connectivity index (χ0v) is 12.4. The zero-order valence-electron chi connectivity index (χ0n) is 9.21. The van der Waals surface area contributed by atoms with Gasteiger partial charge in [-0.1, -0.05) is 22.9 Å². The average molecular weight is 350 g/mol. The van der Waals surface area contributed by atoms with E-state index in [1.165, 1.54) is 0 Å². The second-order valence-corrected chi connectivity index (χ2v) is 5.32. The molecule has 1 aromatic heterocycles. The Bertz CT molecular complexity index is 354. The molecular weight excluding hydrogens is 336 g/mol. The first-order valence-corrected chi connectivity index (χ1v) is 6.94. The van der Waals surface area contributed by atoms with Crippen molar-refractivity contribution in [2.75, 3.05) is 5.33 Å². The molecule has 1 amide bonds. The maximum absolute atomic E-state index is 11.8. The number of hydrogen-bond donors (Lipinski definition) is 1. The second-order valence-electron chi connectivity index (χ2n) is 3.76. The lowest BCUT2D eigenvalue weighted by Crippen LogP contribution is -2.38. The maximum Gasteiger partial charge on any atom is 0.270 e. The van der Waals surface area contributed by atoms with E-state index in [4.69, 9.17) is 0 Å². The molecule has 0 aliphatic heterocycles. The van der Waals surface area contributed by atoms with Gasteiger partial charge in [-0.05, 0) is 40.9 Å². The lowest BCUT2D eigenvalue weighted by molar-refractivity contribution is 0.0926. The van der Waals surface area contributed by atoms with Crippen LogP contribution in [0.15, 0.2) is 22.8 Å². The predicted molar refractivity (Wildman–Crippen MR) is 71.8 cm³/mol. The number of carbonyl (C=O) groups excluding carboxylic acids is 1. The Morgan fingerprint density at radius 2 is 2.19 bits per heavy atom. The molecule has 0 aliphatic carbocycles. The number of nitrogens with one attached hydrogen (secondary N) is 1. The highest BCUT2D eigenvalue weighted by Gasteiger charge is 2.15. The van der Waals surface area contributed by atoms with Gasteiger partial charge >= 0.3 is 0 Å². The first-order valence-electron chi connectivity index (χ1n) is 5.03. The summed E-state index contributed by atoms with van der Waals surface area (Å²) in [5.41, 5.74) is 0.442. The molecule has 2 unspecified atom stereocenters. The number of rotatable bonds is 4. The Balaban J connectivity index is 2.62. The van der Waals surface area contributed by atoms with Gasteiger partial charge in [0.15, 0.2) is 0 Å². The van der Waals surface area contributed by atoms with Crippen LogP contribution in [0, 0.1) is 5.92 Å². The zero-order chi connectivity index (χ0) is 12.1. The first kappa shape index (κ1) is 13.6. The van der Waals surface area contributed by atoms with Gasteiger partial charge in [-0.15, -0.1) is 0 Å². The minimum absolute atomic E-state index is 0.123. The molecule has 0 spiro atoms. The number of aromatic nitrogens is 1. The molecule has 1 heterocycles. The van der Waals surface area contributed by atoms with Gasteiger partial charge in [-0.3, -0.25) is 4.79 Å². The number of amides is 1. The van der Waals surface area contributed by atoms with Gasteiger partial charge < -0.3 is 5.32 Å². The Morgan fingerprint density at radius 1 is 1.50 bits per heavy atom. The van der Waals surface area contributed by atoms with Gasteiger partial charge in [0.05, 0.1) is 0 Å². The number of carbonyl (C=O) groups is 1. The summed E-state index contributed by atoms with van der Waals surface area (Å²) in [6.07, 6.45) is 1.62. The van der Waals surface area contributed by atoms with E-state index in [-0.39, 0.29) is 11.9 Å². The fourth-order valence-corrected chi connectivity index (χ4v) is 1.86. The molecule has 0 aromatic carbocycles. The maximum atomic E-state index is 11.8. The number of pyridine rings is 1. The van der Waals surface area contributed by atoms with Crippen molar-refractivity contribution >= 4 is 37.8 Å². The van der Waals surface area contributed by atoms with Gasteiger partial charge in [0.2, 0.25) is 0 Å². The summed E-state index contributed by atoms with van der Waals surface area (Å²) in [6.45, 7) is 4.07. The van der Waals surface area contributed by atoms with Crippen molar-refractivity contribution in [3.8, 4) is 0 Å². The topological polar surface area (TPSA) is 42.0 Å². The predicted octanol–water partition coefficient (Wildman–Crippen LogP) is 2.99. The first-order chi connectivity index (χ1) is 7.54. The summed E-state index contributed by atoms with van der Waals surface area (Å²) in [6, 6.07) is 3.63. The molecule has 0 aliphatic rings. The fourth-order valence-electron chi connectivity index (χ4n) is 1.07. The molecule has 3 nitrogen and oxygen atoms in total. The normalized spacial score (nSPS) is 14.2. The van der Waals surface area contributed by atoms with Gasteiger partial charge in [0.25, 0.3) is 5.91 Å². The van der Waals surface area contributed by atoms with Crippen molar-refractivity contribution < 1.29 is 4.79 Å². The Hall–Kier alpha value is -0.420.